The van der Waals surface area contributed by atoms with Gasteiger partial charge in [-0.2, -0.15) is 0 Å². The van der Waals surface area contributed by atoms with Crippen molar-refractivity contribution in [1.82, 2.24) is 4.90 Å². The smallest absolute Gasteiger partial charge is 0.328 e. The number of nitrogens with zero attached hydrogens (tertiary/aromatic N) is 1. The molecule has 0 bridgehead atoms. The predicted octanol–water partition coefficient (Wildman–Crippen LogP) is 5.68. The molecular weight excluding hydrogens is 534 g/mol. The van der Waals surface area contributed by atoms with Gasteiger partial charge in [0.15, 0.2) is 11.5 Å². The SMILES string of the molecule is CCOc1cc(/C=C2/SC(=O)N([C@H](C)C(=O)OC)C2=O)cc(Cl)c1OCc1ccc(Br)cc1. The Morgan fingerprint density at radius 3 is 2.55 bits per heavy atom. The molecule has 174 valence electrons. The minimum absolute atomic E-state index is 0.165. The van der Waals surface area contributed by atoms with Crippen LogP contribution in [0, 0.1) is 0 Å². The third-order valence-electron chi connectivity index (χ3n) is 4.68. The van der Waals surface area contributed by atoms with Crippen molar-refractivity contribution in [2.75, 3.05) is 13.7 Å². The van der Waals surface area contributed by atoms with Crippen LogP contribution in [-0.4, -0.2) is 41.8 Å². The van der Waals surface area contributed by atoms with E-state index < -0.39 is 23.2 Å². The molecule has 2 aromatic rings. The van der Waals surface area contributed by atoms with Crippen molar-refractivity contribution in [2.24, 2.45) is 0 Å². The van der Waals surface area contributed by atoms with Crippen molar-refractivity contribution in [3.05, 3.63) is 61.9 Å². The van der Waals surface area contributed by atoms with E-state index in [-0.39, 0.29) is 11.5 Å². The topological polar surface area (TPSA) is 82.1 Å². The Hall–Kier alpha value is -2.49. The molecule has 0 saturated carbocycles. The van der Waals surface area contributed by atoms with Crippen LogP contribution in [0.5, 0.6) is 11.5 Å². The zero-order chi connectivity index (χ0) is 24.1. The summed E-state index contributed by atoms with van der Waals surface area (Å²) in [5, 5.41) is -0.249. The first-order chi connectivity index (χ1) is 15.7. The number of methoxy groups -OCH3 is 1. The van der Waals surface area contributed by atoms with Crippen molar-refractivity contribution in [3.63, 3.8) is 0 Å². The van der Waals surface area contributed by atoms with Gasteiger partial charge in [-0.05, 0) is 67.1 Å². The fourth-order valence-corrected chi connectivity index (χ4v) is 4.50. The molecule has 1 aliphatic rings. The molecule has 2 amide bonds. The molecule has 33 heavy (non-hydrogen) atoms. The highest BCUT2D eigenvalue weighted by Gasteiger charge is 2.41. The molecule has 0 unspecified atom stereocenters. The molecule has 0 aromatic heterocycles. The molecule has 3 rings (SSSR count). The lowest BCUT2D eigenvalue weighted by Gasteiger charge is -2.18. The van der Waals surface area contributed by atoms with Crippen LogP contribution in [0.4, 0.5) is 4.79 Å². The number of carbonyl (C=O) groups is 3. The average Bonchev–Trinajstić information content (AvgIpc) is 3.06. The first-order valence-corrected chi connectivity index (χ1v) is 11.9. The molecule has 1 atom stereocenters. The largest absolute Gasteiger partial charge is 0.490 e. The summed E-state index contributed by atoms with van der Waals surface area (Å²) < 4.78 is 17.2. The van der Waals surface area contributed by atoms with Crippen LogP contribution < -0.4 is 9.47 Å². The van der Waals surface area contributed by atoms with Crippen molar-refractivity contribution in [2.45, 2.75) is 26.5 Å². The van der Waals surface area contributed by atoms with Crippen LogP contribution >= 0.6 is 39.3 Å². The maximum absolute atomic E-state index is 12.7. The number of hydrogen-bond acceptors (Lipinski definition) is 7. The van der Waals surface area contributed by atoms with Crippen LogP contribution in [0.2, 0.25) is 5.02 Å². The third kappa shape index (κ3) is 5.90. The average molecular weight is 555 g/mol. The number of amides is 2. The summed E-state index contributed by atoms with van der Waals surface area (Å²) in [7, 11) is 1.20. The number of esters is 1. The molecule has 0 spiro atoms. The normalized spacial score (nSPS) is 15.7. The van der Waals surface area contributed by atoms with Crippen molar-refractivity contribution >= 4 is 62.5 Å². The molecule has 0 aliphatic carbocycles. The Morgan fingerprint density at radius 2 is 1.91 bits per heavy atom. The molecule has 1 aliphatic heterocycles. The number of benzene rings is 2. The van der Waals surface area contributed by atoms with E-state index in [2.05, 4.69) is 20.7 Å². The summed E-state index contributed by atoms with van der Waals surface area (Å²) in [5.41, 5.74) is 1.50. The maximum Gasteiger partial charge on any atom is 0.328 e. The molecule has 0 N–H and O–H groups in total. The van der Waals surface area contributed by atoms with Gasteiger partial charge in [0.1, 0.15) is 12.6 Å². The van der Waals surface area contributed by atoms with Crippen LogP contribution in [-0.2, 0) is 20.9 Å². The van der Waals surface area contributed by atoms with E-state index in [9.17, 15) is 14.4 Å². The van der Waals surface area contributed by atoms with E-state index in [1.54, 1.807) is 12.1 Å². The predicted molar refractivity (Wildman–Crippen MR) is 130 cm³/mol. The molecule has 0 radical (unpaired) electrons. The molecule has 1 heterocycles. The summed E-state index contributed by atoms with van der Waals surface area (Å²) in [6, 6.07) is 9.98. The van der Waals surface area contributed by atoms with E-state index in [0.717, 1.165) is 26.7 Å². The van der Waals surface area contributed by atoms with Crippen LogP contribution in [0.1, 0.15) is 25.0 Å². The van der Waals surface area contributed by atoms with E-state index in [4.69, 9.17) is 21.1 Å². The Morgan fingerprint density at radius 1 is 1.21 bits per heavy atom. The van der Waals surface area contributed by atoms with Crippen LogP contribution in [0.3, 0.4) is 0 Å². The quantitative estimate of drug-likeness (QED) is 0.307. The number of halogens is 2. The number of rotatable bonds is 8. The summed E-state index contributed by atoms with van der Waals surface area (Å²) in [4.78, 5) is 37.9. The van der Waals surface area contributed by atoms with E-state index in [0.29, 0.717) is 28.7 Å². The van der Waals surface area contributed by atoms with E-state index >= 15 is 0 Å². The second-order valence-corrected chi connectivity index (χ2v) is 9.25. The van der Waals surface area contributed by atoms with Crippen molar-refractivity contribution < 1.29 is 28.6 Å². The van der Waals surface area contributed by atoms with Gasteiger partial charge in [-0.15, -0.1) is 0 Å². The van der Waals surface area contributed by atoms with Crippen LogP contribution in [0.15, 0.2) is 45.8 Å². The highest BCUT2D eigenvalue weighted by molar-refractivity contribution is 9.10. The first kappa shape index (κ1) is 25.1. The summed E-state index contributed by atoms with van der Waals surface area (Å²) >= 11 is 10.6. The van der Waals surface area contributed by atoms with Gasteiger partial charge in [-0.3, -0.25) is 14.5 Å². The van der Waals surface area contributed by atoms with Gasteiger partial charge >= 0.3 is 5.97 Å². The highest BCUT2D eigenvalue weighted by Crippen LogP contribution is 2.40. The number of hydrogen-bond donors (Lipinski definition) is 0. The Balaban J connectivity index is 1.86. The van der Waals surface area contributed by atoms with Crippen molar-refractivity contribution in [3.8, 4) is 11.5 Å². The Kier molecular flexibility index (Phi) is 8.45. The summed E-state index contributed by atoms with van der Waals surface area (Å²) in [5.74, 6) is -0.457. The van der Waals surface area contributed by atoms with Gasteiger partial charge in [-0.1, -0.05) is 39.7 Å². The number of thioether (sulfide) groups is 1. The Bertz CT molecular complexity index is 1100. The molecule has 7 nitrogen and oxygen atoms in total. The molecule has 1 saturated heterocycles. The number of carbonyl (C=O) groups excluding carboxylic acids is 3. The molecule has 10 heteroatoms. The lowest BCUT2D eigenvalue weighted by atomic mass is 10.1. The highest BCUT2D eigenvalue weighted by atomic mass is 79.9. The second kappa shape index (κ2) is 11.1. The fraction of sp³-hybridized carbons (Fsp3) is 0.261. The fourth-order valence-electron chi connectivity index (χ4n) is 3.05. The number of ether oxygens (including phenoxy) is 3. The van der Waals surface area contributed by atoms with Gasteiger partial charge in [0, 0.05) is 4.47 Å². The maximum atomic E-state index is 12.7. The first-order valence-electron chi connectivity index (χ1n) is 9.93. The van der Waals surface area contributed by atoms with Gasteiger partial charge < -0.3 is 14.2 Å². The summed E-state index contributed by atoms with van der Waals surface area (Å²) in [6.07, 6.45) is 1.53. The lowest BCUT2D eigenvalue weighted by molar-refractivity contribution is -0.148. The van der Waals surface area contributed by atoms with Gasteiger partial charge in [0.25, 0.3) is 11.1 Å². The molecule has 1 fully saturated rings. The Labute approximate surface area is 209 Å². The minimum Gasteiger partial charge on any atom is -0.490 e. The van der Waals surface area contributed by atoms with E-state index in [1.807, 2.05) is 31.2 Å². The van der Waals surface area contributed by atoms with Gasteiger partial charge in [-0.25, -0.2) is 4.79 Å². The standard InChI is InChI=1S/C23H21BrClNO6S/c1-4-31-18-10-15(9-17(25)20(18)32-12-14-5-7-16(24)8-6-14)11-19-21(27)26(23(29)33-19)13(2)22(28)30-3/h5-11,13H,4,12H2,1-3H3/b19-11+/t13-/m1/s1. The van der Waals surface area contributed by atoms with E-state index in [1.165, 1.54) is 20.1 Å². The zero-order valence-corrected chi connectivity index (χ0v) is 21.3. The monoisotopic (exact) mass is 553 g/mol. The van der Waals surface area contributed by atoms with Crippen molar-refractivity contribution in [1.29, 1.82) is 0 Å². The lowest BCUT2D eigenvalue weighted by Crippen LogP contribution is -2.42. The van der Waals surface area contributed by atoms with Crippen LogP contribution in [0.25, 0.3) is 6.08 Å². The third-order valence-corrected chi connectivity index (χ3v) is 6.37. The van der Waals surface area contributed by atoms with Gasteiger partial charge in [0.2, 0.25) is 0 Å². The minimum atomic E-state index is -1.02. The second-order valence-electron chi connectivity index (χ2n) is 6.93. The molecule has 2 aromatic carbocycles. The zero-order valence-electron chi connectivity index (χ0n) is 18.1. The molecular formula is C23H21BrClNO6S. The van der Waals surface area contributed by atoms with Gasteiger partial charge in [0.05, 0.1) is 23.6 Å². The summed E-state index contributed by atoms with van der Waals surface area (Å²) in [6.45, 7) is 3.93. The number of imide groups is 1.